The summed E-state index contributed by atoms with van der Waals surface area (Å²) in [6, 6.07) is 12.0. The molecule has 2 aliphatic heterocycles. The summed E-state index contributed by atoms with van der Waals surface area (Å²) in [5, 5.41) is 0. The number of hydrogen-bond donors (Lipinski definition) is 0. The van der Waals surface area contributed by atoms with Gasteiger partial charge in [-0.05, 0) is 42.7 Å². The van der Waals surface area contributed by atoms with Crippen molar-refractivity contribution >= 4 is 27.6 Å². The van der Waals surface area contributed by atoms with Crippen molar-refractivity contribution in [2.45, 2.75) is 18.2 Å². The van der Waals surface area contributed by atoms with E-state index >= 15 is 0 Å². The van der Waals surface area contributed by atoms with Crippen LogP contribution in [0.3, 0.4) is 0 Å². The fourth-order valence-electron chi connectivity index (χ4n) is 3.82. The zero-order valence-corrected chi connectivity index (χ0v) is 18.1. The molecular weight excluding hydrogens is 420 g/mol. The number of benzene rings is 2. The predicted molar refractivity (Wildman–Crippen MR) is 114 cm³/mol. The van der Waals surface area contributed by atoms with Gasteiger partial charge in [-0.15, -0.1) is 0 Å². The molecule has 0 unspecified atom stereocenters. The molecule has 1 fully saturated rings. The summed E-state index contributed by atoms with van der Waals surface area (Å²) in [5.74, 6) is -1.05. The van der Waals surface area contributed by atoms with Gasteiger partial charge in [-0.25, -0.2) is 13.2 Å². The van der Waals surface area contributed by atoms with E-state index in [0.717, 1.165) is 17.7 Å². The molecule has 0 spiro atoms. The van der Waals surface area contributed by atoms with Gasteiger partial charge in [0.25, 0.3) is 5.91 Å². The molecule has 0 aliphatic carbocycles. The molecule has 8 nitrogen and oxygen atoms in total. The van der Waals surface area contributed by atoms with Crippen molar-refractivity contribution in [3.63, 3.8) is 0 Å². The van der Waals surface area contributed by atoms with Crippen molar-refractivity contribution in [2.75, 3.05) is 44.4 Å². The number of morpholine rings is 1. The minimum atomic E-state index is -3.76. The van der Waals surface area contributed by atoms with Crippen molar-refractivity contribution in [3.05, 3.63) is 59.2 Å². The van der Waals surface area contributed by atoms with Gasteiger partial charge in [0.2, 0.25) is 10.0 Å². The summed E-state index contributed by atoms with van der Waals surface area (Å²) in [7, 11) is -3.76. The number of carbonyl (C=O) groups is 2. The zero-order chi connectivity index (χ0) is 22.0. The molecule has 4 rings (SSSR count). The van der Waals surface area contributed by atoms with E-state index in [0.29, 0.717) is 25.3 Å². The molecule has 1 amide bonds. The largest absolute Gasteiger partial charge is 0.452 e. The van der Waals surface area contributed by atoms with Crippen molar-refractivity contribution in [2.24, 2.45) is 0 Å². The number of amides is 1. The molecule has 0 atom stereocenters. The third-order valence-corrected chi connectivity index (χ3v) is 7.57. The average Bonchev–Trinajstić information content (AvgIpc) is 3.22. The lowest BCUT2D eigenvalue weighted by molar-refractivity contribution is -0.121. The molecule has 2 aromatic carbocycles. The minimum Gasteiger partial charge on any atom is -0.452 e. The quantitative estimate of drug-likeness (QED) is 0.653. The lowest BCUT2D eigenvalue weighted by Gasteiger charge is -2.26. The maximum absolute atomic E-state index is 13.0. The highest BCUT2D eigenvalue weighted by Crippen LogP contribution is 2.27. The summed E-state index contributed by atoms with van der Waals surface area (Å²) >= 11 is 0. The van der Waals surface area contributed by atoms with Crippen molar-refractivity contribution in [1.29, 1.82) is 0 Å². The van der Waals surface area contributed by atoms with Gasteiger partial charge < -0.3 is 14.4 Å². The number of sulfonamides is 1. The third kappa shape index (κ3) is 4.34. The topological polar surface area (TPSA) is 93.2 Å². The van der Waals surface area contributed by atoms with Crippen LogP contribution >= 0.6 is 0 Å². The Morgan fingerprint density at radius 2 is 1.81 bits per heavy atom. The Labute approximate surface area is 181 Å². The lowest BCUT2D eigenvalue weighted by atomic mass is 10.1. The molecule has 1 saturated heterocycles. The third-order valence-electron chi connectivity index (χ3n) is 5.53. The molecule has 31 heavy (non-hydrogen) atoms. The van der Waals surface area contributed by atoms with Crippen LogP contribution in [0.25, 0.3) is 0 Å². The summed E-state index contributed by atoms with van der Waals surface area (Å²) < 4.78 is 37.8. The first kappa shape index (κ1) is 21.5. The second-order valence-corrected chi connectivity index (χ2v) is 9.40. The van der Waals surface area contributed by atoms with E-state index in [-0.39, 0.29) is 29.5 Å². The number of esters is 1. The number of nitrogens with zero attached hydrogens (tertiary/aromatic N) is 2. The first-order chi connectivity index (χ1) is 14.9. The molecule has 2 heterocycles. The Morgan fingerprint density at radius 3 is 2.58 bits per heavy atom. The molecule has 0 saturated carbocycles. The molecule has 0 N–H and O–H groups in total. The molecule has 9 heteroatoms. The second kappa shape index (κ2) is 8.78. The van der Waals surface area contributed by atoms with E-state index in [1.165, 1.54) is 16.4 Å². The number of hydrogen-bond acceptors (Lipinski definition) is 6. The highest BCUT2D eigenvalue weighted by molar-refractivity contribution is 7.89. The van der Waals surface area contributed by atoms with Gasteiger partial charge in [-0.2, -0.15) is 4.31 Å². The van der Waals surface area contributed by atoms with E-state index < -0.39 is 22.6 Å². The van der Waals surface area contributed by atoms with Crippen molar-refractivity contribution < 1.29 is 27.5 Å². The van der Waals surface area contributed by atoms with Crippen LogP contribution in [0.2, 0.25) is 0 Å². The van der Waals surface area contributed by atoms with Crippen LogP contribution < -0.4 is 4.90 Å². The summed E-state index contributed by atoms with van der Waals surface area (Å²) in [6.45, 7) is 3.01. The van der Waals surface area contributed by atoms with Crippen LogP contribution in [0.1, 0.15) is 21.5 Å². The van der Waals surface area contributed by atoms with E-state index in [9.17, 15) is 18.0 Å². The molecular formula is C22H24N2O6S. The number of anilines is 1. The standard InChI is InChI=1S/C22H24N2O6S/c1-16-6-7-18(14-20(16)31(27,28)23-10-12-29-13-11-23)22(26)30-15-21(25)24-9-8-17-4-2-3-5-19(17)24/h2-7,14H,8-13,15H2,1H3. The second-order valence-electron chi connectivity index (χ2n) is 7.50. The van der Waals surface area contributed by atoms with Crippen LogP contribution in [0.4, 0.5) is 5.69 Å². The van der Waals surface area contributed by atoms with E-state index in [1.807, 2.05) is 24.3 Å². The molecule has 0 radical (unpaired) electrons. The van der Waals surface area contributed by atoms with Gasteiger partial charge in [-0.3, -0.25) is 4.79 Å². The summed E-state index contributed by atoms with van der Waals surface area (Å²) in [4.78, 5) is 26.8. The first-order valence-corrected chi connectivity index (χ1v) is 11.6. The highest BCUT2D eigenvalue weighted by atomic mass is 32.2. The van der Waals surface area contributed by atoms with E-state index in [2.05, 4.69) is 0 Å². The van der Waals surface area contributed by atoms with Gasteiger partial charge in [0.05, 0.1) is 23.7 Å². The fourth-order valence-corrected chi connectivity index (χ4v) is 5.48. The number of para-hydroxylation sites is 1. The van der Waals surface area contributed by atoms with Crippen LogP contribution in [0.5, 0.6) is 0 Å². The van der Waals surface area contributed by atoms with Gasteiger partial charge in [0.1, 0.15) is 0 Å². The number of carbonyl (C=O) groups excluding carboxylic acids is 2. The highest BCUT2D eigenvalue weighted by Gasteiger charge is 2.29. The number of ether oxygens (including phenoxy) is 2. The van der Waals surface area contributed by atoms with Gasteiger partial charge >= 0.3 is 5.97 Å². The van der Waals surface area contributed by atoms with Crippen LogP contribution in [0, 0.1) is 6.92 Å². The zero-order valence-electron chi connectivity index (χ0n) is 17.2. The van der Waals surface area contributed by atoms with Crippen LogP contribution in [-0.4, -0.2) is 64.1 Å². The van der Waals surface area contributed by atoms with E-state index in [4.69, 9.17) is 9.47 Å². The molecule has 0 aromatic heterocycles. The monoisotopic (exact) mass is 444 g/mol. The Bertz CT molecular complexity index is 1110. The Morgan fingerprint density at radius 1 is 1.06 bits per heavy atom. The Hall–Kier alpha value is -2.75. The number of rotatable bonds is 5. The SMILES string of the molecule is Cc1ccc(C(=O)OCC(=O)N2CCc3ccccc32)cc1S(=O)(=O)N1CCOCC1. The lowest BCUT2D eigenvalue weighted by Crippen LogP contribution is -2.40. The molecule has 164 valence electrons. The normalized spacial score (nSPS) is 16.7. The number of fused-ring (bicyclic) bond motifs is 1. The average molecular weight is 445 g/mol. The molecule has 2 aliphatic rings. The van der Waals surface area contributed by atoms with Gasteiger partial charge in [0.15, 0.2) is 6.61 Å². The smallest absolute Gasteiger partial charge is 0.338 e. The molecule has 2 aromatic rings. The van der Waals surface area contributed by atoms with Gasteiger partial charge in [0, 0.05) is 25.3 Å². The van der Waals surface area contributed by atoms with Crippen molar-refractivity contribution in [1.82, 2.24) is 4.31 Å². The summed E-state index contributed by atoms with van der Waals surface area (Å²) in [5.41, 5.74) is 2.54. The van der Waals surface area contributed by atoms with Crippen LogP contribution in [-0.2, 0) is 30.7 Å². The first-order valence-electron chi connectivity index (χ1n) is 10.1. The maximum atomic E-state index is 13.0. The minimum absolute atomic E-state index is 0.0589. The Balaban J connectivity index is 1.46. The fraction of sp³-hybridized carbons (Fsp3) is 0.364. The Kier molecular flexibility index (Phi) is 6.08. The van der Waals surface area contributed by atoms with Gasteiger partial charge in [-0.1, -0.05) is 24.3 Å². The number of aryl methyl sites for hydroxylation is 1. The van der Waals surface area contributed by atoms with Crippen LogP contribution in [0.15, 0.2) is 47.4 Å². The molecule has 0 bridgehead atoms. The summed E-state index contributed by atoms with van der Waals surface area (Å²) in [6.07, 6.45) is 0.760. The van der Waals surface area contributed by atoms with E-state index in [1.54, 1.807) is 17.9 Å². The predicted octanol–water partition coefficient (Wildman–Crippen LogP) is 1.76. The van der Waals surface area contributed by atoms with Crippen molar-refractivity contribution in [3.8, 4) is 0 Å². The maximum Gasteiger partial charge on any atom is 0.338 e.